The van der Waals surface area contributed by atoms with Crippen LogP contribution in [0.2, 0.25) is 0 Å². The summed E-state index contributed by atoms with van der Waals surface area (Å²) in [5.41, 5.74) is 7.22. The third-order valence-electron chi connectivity index (χ3n) is 2.70. The molecule has 0 saturated carbocycles. The Kier molecular flexibility index (Phi) is 4.19. The summed E-state index contributed by atoms with van der Waals surface area (Å²) in [4.78, 5) is 15.6. The lowest BCUT2D eigenvalue weighted by atomic mass is 10.1. The van der Waals surface area contributed by atoms with Gasteiger partial charge in [0.15, 0.2) is 5.82 Å². The quantitative estimate of drug-likeness (QED) is 0.628. The second kappa shape index (κ2) is 6.05. The molecule has 0 bridgehead atoms. The van der Waals surface area contributed by atoms with Crippen LogP contribution in [0, 0.1) is 6.92 Å². The molecule has 7 heteroatoms. The van der Waals surface area contributed by atoms with E-state index in [9.17, 15) is 4.79 Å². The molecule has 1 aromatic carbocycles. The molecular weight excluding hydrogens is 260 g/mol. The molecule has 0 spiro atoms. The van der Waals surface area contributed by atoms with Crippen molar-refractivity contribution >= 4 is 17.3 Å². The first-order valence-electron chi connectivity index (χ1n) is 6.11. The van der Waals surface area contributed by atoms with Crippen molar-refractivity contribution < 1.29 is 14.1 Å². The summed E-state index contributed by atoms with van der Waals surface area (Å²) in [5.74, 6) is 0.720. The second-order valence-corrected chi connectivity index (χ2v) is 4.21. The number of carbonyl (C=O) groups is 1. The molecule has 0 aliphatic carbocycles. The number of aromatic nitrogens is 2. The SMILES string of the molecule is COC(=O)c1cc(NCCc2nc(C)no2)ccc1N. The van der Waals surface area contributed by atoms with Gasteiger partial charge < -0.3 is 20.3 Å². The molecule has 106 valence electrons. The third kappa shape index (κ3) is 3.25. The zero-order valence-electron chi connectivity index (χ0n) is 11.3. The van der Waals surface area contributed by atoms with E-state index in [2.05, 4.69) is 20.2 Å². The van der Waals surface area contributed by atoms with Crippen LogP contribution in [0.1, 0.15) is 22.1 Å². The summed E-state index contributed by atoms with van der Waals surface area (Å²) in [6.45, 7) is 2.37. The molecular formula is C13H16N4O3. The molecule has 1 aromatic heterocycles. The van der Waals surface area contributed by atoms with Crippen molar-refractivity contribution in [1.29, 1.82) is 0 Å². The number of benzene rings is 1. The lowest BCUT2D eigenvalue weighted by Gasteiger charge is -2.08. The number of rotatable bonds is 5. The fourth-order valence-electron chi connectivity index (χ4n) is 1.71. The van der Waals surface area contributed by atoms with Gasteiger partial charge in [-0.2, -0.15) is 4.98 Å². The Hall–Kier alpha value is -2.57. The second-order valence-electron chi connectivity index (χ2n) is 4.21. The standard InChI is InChI=1S/C13H16N4O3/c1-8-16-12(20-17-8)5-6-15-9-3-4-11(14)10(7-9)13(18)19-2/h3-4,7,15H,5-6,14H2,1-2H3. The van der Waals surface area contributed by atoms with Gasteiger partial charge in [-0.1, -0.05) is 5.16 Å². The van der Waals surface area contributed by atoms with Crippen LogP contribution in [0.5, 0.6) is 0 Å². The van der Waals surface area contributed by atoms with Gasteiger partial charge in [0.05, 0.1) is 12.7 Å². The fraction of sp³-hybridized carbons (Fsp3) is 0.308. The summed E-state index contributed by atoms with van der Waals surface area (Å²) in [5, 5.41) is 6.87. The van der Waals surface area contributed by atoms with Crippen LogP contribution in [-0.4, -0.2) is 29.8 Å². The molecule has 0 fully saturated rings. The number of methoxy groups -OCH3 is 1. The average Bonchev–Trinajstić information content (AvgIpc) is 2.85. The van der Waals surface area contributed by atoms with Crippen LogP contribution >= 0.6 is 0 Å². The Labute approximate surface area is 116 Å². The highest BCUT2D eigenvalue weighted by Crippen LogP contribution is 2.18. The van der Waals surface area contributed by atoms with Crippen molar-refractivity contribution in [3.63, 3.8) is 0 Å². The van der Waals surface area contributed by atoms with Crippen LogP contribution < -0.4 is 11.1 Å². The zero-order chi connectivity index (χ0) is 14.5. The first-order chi connectivity index (χ1) is 9.60. The maximum absolute atomic E-state index is 11.5. The average molecular weight is 276 g/mol. The van der Waals surface area contributed by atoms with Crippen molar-refractivity contribution in [2.75, 3.05) is 24.7 Å². The van der Waals surface area contributed by atoms with Crippen molar-refractivity contribution in [2.24, 2.45) is 0 Å². The lowest BCUT2D eigenvalue weighted by molar-refractivity contribution is 0.0602. The van der Waals surface area contributed by atoms with E-state index in [0.29, 0.717) is 35.9 Å². The van der Waals surface area contributed by atoms with Crippen LogP contribution in [0.25, 0.3) is 0 Å². The van der Waals surface area contributed by atoms with E-state index in [4.69, 9.17) is 10.3 Å². The van der Waals surface area contributed by atoms with Gasteiger partial charge in [0.25, 0.3) is 0 Å². The van der Waals surface area contributed by atoms with Crippen LogP contribution in [0.3, 0.4) is 0 Å². The largest absolute Gasteiger partial charge is 0.465 e. The molecule has 0 unspecified atom stereocenters. The van der Waals surface area contributed by atoms with Crippen molar-refractivity contribution in [1.82, 2.24) is 10.1 Å². The minimum absolute atomic E-state index is 0.339. The van der Waals surface area contributed by atoms with Gasteiger partial charge in [-0.3, -0.25) is 0 Å². The Morgan fingerprint density at radius 1 is 1.50 bits per heavy atom. The number of nitrogens with one attached hydrogen (secondary N) is 1. The Bertz CT molecular complexity index is 609. The normalized spacial score (nSPS) is 10.3. The highest BCUT2D eigenvalue weighted by atomic mass is 16.5. The van der Waals surface area contributed by atoms with Crippen LogP contribution in [0.4, 0.5) is 11.4 Å². The molecule has 0 aliphatic heterocycles. The number of nitrogens with two attached hydrogens (primary N) is 1. The molecule has 3 N–H and O–H groups in total. The minimum atomic E-state index is -0.460. The van der Waals surface area contributed by atoms with Gasteiger partial charge in [0.1, 0.15) is 0 Å². The van der Waals surface area contributed by atoms with Crippen molar-refractivity contribution in [3.05, 3.63) is 35.5 Å². The maximum Gasteiger partial charge on any atom is 0.340 e. The number of nitrogens with zero attached hydrogens (tertiary/aromatic N) is 2. The molecule has 0 aliphatic rings. The van der Waals surface area contributed by atoms with Crippen LogP contribution in [-0.2, 0) is 11.2 Å². The molecule has 0 amide bonds. The van der Waals surface area contributed by atoms with E-state index in [1.54, 1.807) is 25.1 Å². The number of nitrogen functional groups attached to an aromatic ring is 1. The number of aryl methyl sites for hydroxylation is 1. The molecule has 20 heavy (non-hydrogen) atoms. The van der Waals surface area contributed by atoms with Crippen molar-refractivity contribution in [2.45, 2.75) is 13.3 Å². The molecule has 1 heterocycles. The summed E-state index contributed by atoms with van der Waals surface area (Å²) in [6.07, 6.45) is 0.596. The van der Waals surface area contributed by atoms with Gasteiger partial charge in [-0.15, -0.1) is 0 Å². The number of hydrogen-bond donors (Lipinski definition) is 2. The summed E-state index contributed by atoms with van der Waals surface area (Å²) in [6, 6.07) is 5.10. The van der Waals surface area contributed by atoms with E-state index in [0.717, 1.165) is 5.69 Å². The van der Waals surface area contributed by atoms with E-state index in [-0.39, 0.29) is 0 Å². The lowest BCUT2D eigenvalue weighted by Crippen LogP contribution is -2.09. The number of hydrogen-bond acceptors (Lipinski definition) is 7. The smallest absolute Gasteiger partial charge is 0.340 e. The molecule has 0 atom stereocenters. The summed E-state index contributed by atoms with van der Waals surface area (Å²) >= 11 is 0. The van der Waals surface area contributed by atoms with E-state index in [1.165, 1.54) is 7.11 Å². The zero-order valence-corrected chi connectivity index (χ0v) is 11.3. The highest BCUT2D eigenvalue weighted by molar-refractivity contribution is 5.96. The Morgan fingerprint density at radius 3 is 2.95 bits per heavy atom. The highest BCUT2D eigenvalue weighted by Gasteiger charge is 2.10. The minimum Gasteiger partial charge on any atom is -0.465 e. The maximum atomic E-state index is 11.5. The summed E-state index contributed by atoms with van der Waals surface area (Å²) in [7, 11) is 1.32. The van der Waals surface area contributed by atoms with Gasteiger partial charge in [0, 0.05) is 24.3 Å². The monoisotopic (exact) mass is 276 g/mol. The predicted octanol–water partition coefficient (Wildman–Crippen LogP) is 1.40. The van der Waals surface area contributed by atoms with Crippen LogP contribution in [0.15, 0.2) is 22.7 Å². The topological polar surface area (TPSA) is 103 Å². The molecule has 0 saturated heterocycles. The number of ether oxygens (including phenoxy) is 1. The third-order valence-corrected chi connectivity index (χ3v) is 2.70. The number of esters is 1. The Balaban J connectivity index is 1.97. The van der Waals surface area contributed by atoms with Gasteiger partial charge >= 0.3 is 5.97 Å². The number of anilines is 2. The predicted molar refractivity (Wildman–Crippen MR) is 73.4 cm³/mol. The first-order valence-corrected chi connectivity index (χ1v) is 6.11. The summed E-state index contributed by atoms with van der Waals surface area (Å²) < 4.78 is 9.67. The van der Waals surface area contributed by atoms with Gasteiger partial charge in [0.2, 0.25) is 5.89 Å². The first kappa shape index (κ1) is 13.9. The molecule has 2 rings (SSSR count). The van der Waals surface area contributed by atoms with Gasteiger partial charge in [-0.25, -0.2) is 4.79 Å². The number of carbonyl (C=O) groups excluding carboxylic acids is 1. The van der Waals surface area contributed by atoms with Gasteiger partial charge in [-0.05, 0) is 25.1 Å². The van der Waals surface area contributed by atoms with E-state index < -0.39 is 5.97 Å². The van der Waals surface area contributed by atoms with E-state index in [1.807, 2.05) is 0 Å². The molecule has 7 nitrogen and oxygen atoms in total. The van der Waals surface area contributed by atoms with Crippen molar-refractivity contribution in [3.8, 4) is 0 Å². The van der Waals surface area contributed by atoms with E-state index >= 15 is 0 Å². The molecule has 0 radical (unpaired) electrons. The molecule has 2 aromatic rings. The fourth-order valence-corrected chi connectivity index (χ4v) is 1.71. The Morgan fingerprint density at radius 2 is 2.30 bits per heavy atom.